The number of sulfonamides is 1. The Labute approximate surface area is 147 Å². The number of aromatic nitrogens is 2. The van der Waals surface area contributed by atoms with E-state index >= 15 is 0 Å². The van der Waals surface area contributed by atoms with Crippen molar-refractivity contribution in [1.29, 1.82) is 0 Å². The Bertz CT molecular complexity index is 853. The van der Waals surface area contributed by atoms with Crippen LogP contribution in [0.3, 0.4) is 0 Å². The molecule has 1 aromatic carbocycles. The van der Waals surface area contributed by atoms with Crippen molar-refractivity contribution in [2.24, 2.45) is 0 Å². The maximum atomic E-state index is 12.6. The first-order chi connectivity index (χ1) is 11.9. The molecule has 0 atom stereocenters. The first-order valence-corrected chi connectivity index (χ1v) is 10.1. The lowest BCUT2D eigenvalue weighted by atomic mass is 10.1. The average Bonchev–Trinajstić information content (AvgIpc) is 2.97. The van der Waals surface area contributed by atoms with Gasteiger partial charge in [0.1, 0.15) is 0 Å². The van der Waals surface area contributed by atoms with Crippen molar-refractivity contribution in [2.45, 2.75) is 25.8 Å². The number of carbonyl (C=O) groups excluding carboxylic acids is 1. The molecule has 1 N–H and O–H groups in total. The van der Waals surface area contributed by atoms with Crippen molar-refractivity contribution >= 4 is 15.9 Å². The molecule has 0 bridgehead atoms. The summed E-state index contributed by atoms with van der Waals surface area (Å²) in [6.45, 7) is 2.74. The number of benzene rings is 1. The highest BCUT2D eigenvalue weighted by atomic mass is 32.2. The molecule has 0 unspecified atom stereocenters. The molecule has 0 radical (unpaired) electrons. The van der Waals surface area contributed by atoms with Gasteiger partial charge >= 0.3 is 0 Å². The Kier molecular flexibility index (Phi) is 4.91. The van der Waals surface area contributed by atoms with E-state index in [4.69, 9.17) is 0 Å². The number of hydrogen-bond donors (Lipinski definition) is 1. The second-order valence-electron chi connectivity index (χ2n) is 6.30. The number of rotatable bonds is 4. The molecule has 2 aromatic rings. The minimum absolute atomic E-state index is 0.0232. The fourth-order valence-electron chi connectivity index (χ4n) is 3.06. The molecule has 0 spiro atoms. The molecule has 1 aromatic heterocycles. The van der Waals surface area contributed by atoms with Crippen LogP contribution in [0, 0.1) is 6.92 Å². The fraction of sp³-hybridized carbons (Fsp3) is 0.412. The molecular formula is C17H22N4O3S. The van der Waals surface area contributed by atoms with Crippen molar-refractivity contribution in [2.75, 3.05) is 19.3 Å². The Morgan fingerprint density at radius 1 is 1.20 bits per heavy atom. The molecule has 1 fully saturated rings. The summed E-state index contributed by atoms with van der Waals surface area (Å²) in [4.78, 5) is 12.6. The van der Waals surface area contributed by atoms with E-state index in [-0.39, 0.29) is 11.9 Å². The smallest absolute Gasteiger partial charge is 0.254 e. The van der Waals surface area contributed by atoms with Gasteiger partial charge in [-0.15, -0.1) is 0 Å². The minimum Gasteiger partial charge on any atom is -0.349 e. The van der Waals surface area contributed by atoms with E-state index < -0.39 is 10.0 Å². The zero-order valence-corrected chi connectivity index (χ0v) is 15.2. The van der Waals surface area contributed by atoms with Crippen LogP contribution in [0.5, 0.6) is 0 Å². The topological polar surface area (TPSA) is 84.3 Å². The third-order valence-corrected chi connectivity index (χ3v) is 5.82. The first-order valence-electron chi connectivity index (χ1n) is 8.22. The number of hydrogen-bond acceptors (Lipinski definition) is 4. The Balaban J connectivity index is 1.66. The maximum absolute atomic E-state index is 12.6. The van der Waals surface area contributed by atoms with Crippen LogP contribution in [-0.4, -0.2) is 53.8 Å². The van der Waals surface area contributed by atoms with Gasteiger partial charge in [-0.3, -0.25) is 4.79 Å². The molecule has 0 saturated carbocycles. The molecule has 3 rings (SSSR count). The highest BCUT2D eigenvalue weighted by Gasteiger charge is 2.26. The van der Waals surface area contributed by atoms with Crippen LogP contribution in [0.4, 0.5) is 0 Å². The van der Waals surface area contributed by atoms with Crippen molar-refractivity contribution < 1.29 is 13.2 Å². The third-order valence-electron chi connectivity index (χ3n) is 4.51. The van der Waals surface area contributed by atoms with Gasteiger partial charge in [0.2, 0.25) is 10.0 Å². The zero-order chi connectivity index (χ0) is 18.0. The van der Waals surface area contributed by atoms with Gasteiger partial charge in [0.05, 0.1) is 29.4 Å². The predicted molar refractivity (Wildman–Crippen MR) is 95.2 cm³/mol. The molecule has 1 aliphatic rings. The lowest BCUT2D eigenvalue weighted by Gasteiger charge is -2.30. The Morgan fingerprint density at radius 3 is 2.44 bits per heavy atom. The average molecular weight is 362 g/mol. The van der Waals surface area contributed by atoms with Crippen molar-refractivity contribution in [3.63, 3.8) is 0 Å². The molecule has 2 heterocycles. The van der Waals surface area contributed by atoms with Gasteiger partial charge in [-0.25, -0.2) is 17.4 Å². The number of para-hydroxylation sites is 1. The van der Waals surface area contributed by atoms with Gasteiger partial charge in [-0.05, 0) is 31.9 Å². The van der Waals surface area contributed by atoms with Gasteiger partial charge in [-0.1, -0.05) is 18.2 Å². The van der Waals surface area contributed by atoms with Gasteiger partial charge in [0, 0.05) is 19.1 Å². The van der Waals surface area contributed by atoms with E-state index in [1.54, 1.807) is 10.9 Å². The van der Waals surface area contributed by atoms with E-state index in [1.165, 1.54) is 10.6 Å². The van der Waals surface area contributed by atoms with Crippen LogP contribution in [0.1, 0.15) is 28.9 Å². The highest BCUT2D eigenvalue weighted by Crippen LogP contribution is 2.16. The molecule has 1 saturated heterocycles. The van der Waals surface area contributed by atoms with Crippen LogP contribution in [0.2, 0.25) is 0 Å². The lowest BCUT2D eigenvalue weighted by Crippen LogP contribution is -2.46. The van der Waals surface area contributed by atoms with Crippen LogP contribution >= 0.6 is 0 Å². The second-order valence-corrected chi connectivity index (χ2v) is 8.28. The Morgan fingerprint density at radius 2 is 1.84 bits per heavy atom. The quantitative estimate of drug-likeness (QED) is 0.889. The summed E-state index contributed by atoms with van der Waals surface area (Å²) < 4.78 is 26.3. The second kappa shape index (κ2) is 6.97. The highest BCUT2D eigenvalue weighted by molar-refractivity contribution is 7.88. The van der Waals surface area contributed by atoms with E-state index in [9.17, 15) is 13.2 Å². The van der Waals surface area contributed by atoms with E-state index in [1.807, 2.05) is 37.3 Å². The number of amides is 1. The van der Waals surface area contributed by atoms with Gasteiger partial charge in [0.25, 0.3) is 5.91 Å². The SMILES string of the molecule is Cc1c(C(=O)NC2CCN(S(C)(=O)=O)CC2)cnn1-c1ccccc1. The number of carbonyl (C=O) groups is 1. The van der Waals surface area contributed by atoms with Crippen LogP contribution in [0.25, 0.3) is 5.69 Å². The first kappa shape index (κ1) is 17.6. The number of piperidine rings is 1. The van der Waals surface area contributed by atoms with E-state index in [0.717, 1.165) is 11.4 Å². The molecule has 134 valence electrons. The normalized spacial score (nSPS) is 16.7. The van der Waals surface area contributed by atoms with E-state index in [0.29, 0.717) is 31.5 Å². The van der Waals surface area contributed by atoms with Crippen LogP contribution in [0.15, 0.2) is 36.5 Å². The van der Waals surface area contributed by atoms with Gasteiger partial charge in [-0.2, -0.15) is 5.10 Å². The third kappa shape index (κ3) is 3.91. The minimum atomic E-state index is -3.16. The largest absolute Gasteiger partial charge is 0.349 e. The number of nitrogens with one attached hydrogen (secondary N) is 1. The van der Waals surface area contributed by atoms with Gasteiger partial charge in [0.15, 0.2) is 0 Å². The fourth-order valence-corrected chi connectivity index (χ4v) is 3.93. The molecular weight excluding hydrogens is 340 g/mol. The lowest BCUT2D eigenvalue weighted by molar-refractivity contribution is 0.0923. The zero-order valence-electron chi connectivity index (χ0n) is 14.3. The molecule has 0 aliphatic carbocycles. The summed E-state index contributed by atoms with van der Waals surface area (Å²) in [7, 11) is -3.16. The summed E-state index contributed by atoms with van der Waals surface area (Å²) in [6, 6.07) is 9.62. The summed E-state index contributed by atoms with van der Waals surface area (Å²) in [5.74, 6) is -0.169. The molecule has 1 amide bonds. The molecule has 1 aliphatic heterocycles. The predicted octanol–water partition coefficient (Wildman–Crippen LogP) is 1.33. The summed E-state index contributed by atoms with van der Waals surface area (Å²) >= 11 is 0. The maximum Gasteiger partial charge on any atom is 0.254 e. The molecule has 8 heteroatoms. The summed E-state index contributed by atoms with van der Waals surface area (Å²) in [6.07, 6.45) is 4.02. The van der Waals surface area contributed by atoms with E-state index in [2.05, 4.69) is 10.4 Å². The van der Waals surface area contributed by atoms with Crippen LogP contribution in [-0.2, 0) is 10.0 Å². The van der Waals surface area contributed by atoms with Crippen molar-refractivity contribution in [1.82, 2.24) is 19.4 Å². The van der Waals surface area contributed by atoms with Crippen molar-refractivity contribution in [3.8, 4) is 5.69 Å². The summed E-state index contributed by atoms with van der Waals surface area (Å²) in [5.41, 5.74) is 2.21. The monoisotopic (exact) mass is 362 g/mol. The standard InChI is InChI=1S/C17H22N4O3S/c1-13-16(12-18-21(13)15-6-4-3-5-7-15)17(22)19-14-8-10-20(11-9-14)25(2,23)24/h3-7,12,14H,8-11H2,1-2H3,(H,19,22). The number of nitrogens with zero attached hydrogens (tertiary/aromatic N) is 3. The molecule has 7 nitrogen and oxygen atoms in total. The van der Waals surface area contributed by atoms with Crippen molar-refractivity contribution in [3.05, 3.63) is 47.8 Å². The molecule has 25 heavy (non-hydrogen) atoms. The van der Waals surface area contributed by atoms with Crippen LogP contribution < -0.4 is 5.32 Å². The summed E-state index contributed by atoms with van der Waals surface area (Å²) in [5, 5.41) is 7.31. The Hall–Kier alpha value is -2.19. The van der Waals surface area contributed by atoms with Gasteiger partial charge < -0.3 is 5.32 Å².